The number of aryl methyl sites for hydroxylation is 1. The van der Waals surface area contributed by atoms with E-state index >= 15 is 0 Å². The normalized spacial score (nSPS) is 11.0. The van der Waals surface area contributed by atoms with Gasteiger partial charge in [0.1, 0.15) is 5.75 Å². The SMILES string of the molecule is Cc1ccc(NC(=O)c2cccc(C(C)(C)C#N)c2)cc1-n1cc(-c2cncc(OCC(=O)N(C)C)c2)cn1. The highest BCUT2D eigenvalue weighted by Gasteiger charge is 2.21. The number of benzene rings is 2. The molecule has 0 radical (unpaired) electrons. The van der Waals surface area contributed by atoms with Gasteiger partial charge >= 0.3 is 0 Å². The van der Waals surface area contributed by atoms with E-state index in [2.05, 4.69) is 21.5 Å². The Morgan fingerprint density at radius 1 is 1.08 bits per heavy atom. The van der Waals surface area contributed by atoms with Crippen LogP contribution < -0.4 is 10.1 Å². The number of carbonyl (C=O) groups excluding carboxylic acids is 2. The van der Waals surface area contributed by atoms with Crippen molar-refractivity contribution in [2.24, 2.45) is 0 Å². The van der Waals surface area contributed by atoms with Crippen molar-refractivity contribution in [2.75, 3.05) is 26.0 Å². The standard InChI is InChI=1S/C30H30N6O3/c1-20-9-10-25(34-29(38)21-7-6-8-24(11-21)30(2,3)19-31)13-27(20)36-17-23(15-33-36)22-12-26(16-32-14-22)39-18-28(37)35(4)5/h6-17H,18H2,1-5H3,(H,34,38). The van der Waals surface area contributed by atoms with Gasteiger partial charge < -0.3 is 15.0 Å². The summed E-state index contributed by atoms with van der Waals surface area (Å²) < 4.78 is 7.32. The van der Waals surface area contributed by atoms with E-state index in [-0.39, 0.29) is 18.4 Å². The number of aromatic nitrogens is 3. The molecule has 198 valence electrons. The zero-order valence-corrected chi connectivity index (χ0v) is 22.6. The number of amides is 2. The molecule has 0 unspecified atom stereocenters. The molecule has 0 atom stereocenters. The average molecular weight is 523 g/mol. The van der Waals surface area contributed by atoms with Crippen LogP contribution in [0, 0.1) is 18.3 Å². The number of ether oxygens (including phenoxy) is 1. The van der Waals surface area contributed by atoms with Gasteiger partial charge in [-0.2, -0.15) is 10.4 Å². The molecule has 4 rings (SSSR count). The topological polar surface area (TPSA) is 113 Å². The summed E-state index contributed by atoms with van der Waals surface area (Å²) in [5.74, 6) is 0.0742. The lowest BCUT2D eigenvalue weighted by atomic mass is 9.85. The molecule has 9 nitrogen and oxygen atoms in total. The quantitative estimate of drug-likeness (QED) is 0.357. The molecule has 4 aromatic rings. The third-order valence-electron chi connectivity index (χ3n) is 6.33. The highest BCUT2D eigenvalue weighted by Crippen LogP contribution is 2.26. The van der Waals surface area contributed by atoms with Crippen LogP contribution in [-0.4, -0.2) is 52.2 Å². The second-order valence-corrected chi connectivity index (χ2v) is 9.93. The van der Waals surface area contributed by atoms with Crippen molar-refractivity contribution in [3.63, 3.8) is 0 Å². The highest BCUT2D eigenvalue weighted by molar-refractivity contribution is 6.04. The Labute approximate surface area is 227 Å². The Morgan fingerprint density at radius 3 is 2.62 bits per heavy atom. The number of nitrogens with zero attached hydrogens (tertiary/aromatic N) is 5. The molecule has 0 aliphatic heterocycles. The Balaban J connectivity index is 1.53. The third-order valence-corrected chi connectivity index (χ3v) is 6.33. The van der Waals surface area contributed by atoms with Crippen molar-refractivity contribution < 1.29 is 14.3 Å². The molecule has 0 saturated carbocycles. The number of carbonyl (C=O) groups is 2. The average Bonchev–Trinajstić information content (AvgIpc) is 3.43. The molecule has 2 aromatic carbocycles. The summed E-state index contributed by atoms with van der Waals surface area (Å²) >= 11 is 0. The maximum absolute atomic E-state index is 13.0. The van der Waals surface area contributed by atoms with Crippen LogP contribution in [-0.2, 0) is 10.2 Å². The van der Waals surface area contributed by atoms with Gasteiger partial charge in [-0.25, -0.2) is 4.68 Å². The molecule has 0 fully saturated rings. The van der Waals surface area contributed by atoms with E-state index in [0.717, 1.165) is 27.9 Å². The molecule has 1 N–H and O–H groups in total. The predicted octanol–water partition coefficient (Wildman–Crippen LogP) is 4.76. The van der Waals surface area contributed by atoms with E-state index in [0.29, 0.717) is 17.0 Å². The largest absolute Gasteiger partial charge is 0.482 e. The highest BCUT2D eigenvalue weighted by atomic mass is 16.5. The number of hydrogen-bond donors (Lipinski definition) is 1. The summed E-state index contributed by atoms with van der Waals surface area (Å²) in [4.78, 5) is 30.5. The summed E-state index contributed by atoms with van der Waals surface area (Å²) in [6.07, 6.45) is 6.85. The minimum atomic E-state index is -0.698. The van der Waals surface area contributed by atoms with Gasteiger partial charge in [0.15, 0.2) is 6.61 Å². The van der Waals surface area contributed by atoms with E-state index in [4.69, 9.17) is 4.74 Å². The van der Waals surface area contributed by atoms with Gasteiger partial charge in [-0.15, -0.1) is 0 Å². The van der Waals surface area contributed by atoms with Crippen LogP contribution in [0.5, 0.6) is 5.75 Å². The molecular formula is C30H30N6O3. The third kappa shape index (κ3) is 6.30. The second-order valence-electron chi connectivity index (χ2n) is 9.93. The zero-order valence-electron chi connectivity index (χ0n) is 22.6. The fourth-order valence-electron chi connectivity index (χ4n) is 3.78. The van der Waals surface area contributed by atoms with Gasteiger partial charge in [0.05, 0.1) is 29.6 Å². The van der Waals surface area contributed by atoms with E-state index < -0.39 is 5.41 Å². The molecule has 2 aromatic heterocycles. The first-order valence-electron chi connectivity index (χ1n) is 12.3. The number of likely N-dealkylation sites (N-methyl/N-ethyl adjacent to an activating group) is 1. The second kappa shape index (κ2) is 11.2. The van der Waals surface area contributed by atoms with Gasteiger partial charge in [0, 0.05) is 48.9 Å². The molecule has 0 aliphatic carbocycles. The number of hydrogen-bond acceptors (Lipinski definition) is 6. The van der Waals surface area contributed by atoms with Crippen molar-refractivity contribution >= 4 is 17.5 Å². The first-order valence-corrected chi connectivity index (χ1v) is 12.3. The van der Waals surface area contributed by atoms with Crippen LogP contribution in [0.4, 0.5) is 5.69 Å². The van der Waals surface area contributed by atoms with Crippen LogP contribution in [0.1, 0.15) is 35.3 Å². The van der Waals surface area contributed by atoms with Gasteiger partial charge in [-0.3, -0.25) is 14.6 Å². The molecule has 9 heteroatoms. The summed E-state index contributed by atoms with van der Waals surface area (Å²) in [7, 11) is 3.35. The van der Waals surface area contributed by atoms with Crippen LogP contribution >= 0.6 is 0 Å². The van der Waals surface area contributed by atoms with Crippen molar-refractivity contribution in [3.05, 3.63) is 90.0 Å². The first kappa shape index (κ1) is 27.1. The fourth-order valence-corrected chi connectivity index (χ4v) is 3.78. The minimum Gasteiger partial charge on any atom is -0.482 e. The van der Waals surface area contributed by atoms with Gasteiger partial charge in [0.2, 0.25) is 0 Å². The fraction of sp³-hybridized carbons (Fsp3) is 0.233. The summed E-state index contributed by atoms with van der Waals surface area (Å²) in [5, 5.41) is 16.9. The van der Waals surface area contributed by atoms with Crippen molar-refractivity contribution in [1.82, 2.24) is 19.7 Å². The van der Waals surface area contributed by atoms with E-state index in [1.807, 2.05) is 57.3 Å². The summed E-state index contributed by atoms with van der Waals surface area (Å²) in [5.41, 5.74) is 4.55. The van der Waals surface area contributed by atoms with E-state index in [9.17, 15) is 14.9 Å². The maximum atomic E-state index is 13.0. The summed E-state index contributed by atoms with van der Waals surface area (Å²) in [6, 6.07) is 16.8. The Kier molecular flexibility index (Phi) is 7.77. The van der Waals surface area contributed by atoms with E-state index in [1.165, 1.54) is 4.90 Å². The van der Waals surface area contributed by atoms with Crippen LogP contribution in [0.2, 0.25) is 0 Å². The molecule has 0 aliphatic rings. The Hall–Kier alpha value is -4.97. The zero-order chi connectivity index (χ0) is 28.2. The van der Waals surface area contributed by atoms with Gasteiger partial charge in [0.25, 0.3) is 11.8 Å². The van der Waals surface area contributed by atoms with Gasteiger partial charge in [-0.1, -0.05) is 18.2 Å². The predicted molar refractivity (Wildman–Crippen MR) is 149 cm³/mol. The molecule has 0 saturated heterocycles. The van der Waals surface area contributed by atoms with Crippen molar-refractivity contribution in [3.8, 4) is 28.6 Å². The monoisotopic (exact) mass is 522 g/mol. The lowest BCUT2D eigenvalue weighted by Gasteiger charge is -2.16. The van der Waals surface area contributed by atoms with Crippen LogP contribution in [0.15, 0.2) is 73.3 Å². The lowest BCUT2D eigenvalue weighted by Crippen LogP contribution is -2.27. The molecule has 2 heterocycles. The Bertz CT molecular complexity index is 1560. The van der Waals surface area contributed by atoms with E-state index in [1.54, 1.807) is 55.6 Å². The molecule has 39 heavy (non-hydrogen) atoms. The number of pyridine rings is 1. The number of nitriles is 1. The van der Waals surface area contributed by atoms with Gasteiger partial charge in [-0.05, 0) is 62.2 Å². The minimum absolute atomic E-state index is 0.0739. The molecule has 0 spiro atoms. The first-order chi connectivity index (χ1) is 18.6. The van der Waals surface area contributed by atoms with Crippen LogP contribution in [0.3, 0.4) is 0 Å². The number of anilines is 1. The molecule has 2 amide bonds. The van der Waals surface area contributed by atoms with Crippen molar-refractivity contribution in [2.45, 2.75) is 26.2 Å². The maximum Gasteiger partial charge on any atom is 0.259 e. The Morgan fingerprint density at radius 2 is 1.87 bits per heavy atom. The van der Waals surface area contributed by atoms with Crippen LogP contribution in [0.25, 0.3) is 16.8 Å². The van der Waals surface area contributed by atoms with Crippen molar-refractivity contribution in [1.29, 1.82) is 5.26 Å². The number of rotatable bonds is 8. The molecular weight excluding hydrogens is 492 g/mol. The number of nitrogens with one attached hydrogen (secondary N) is 1. The summed E-state index contributed by atoms with van der Waals surface area (Å²) in [6.45, 7) is 5.53. The lowest BCUT2D eigenvalue weighted by molar-refractivity contribution is -0.130. The smallest absolute Gasteiger partial charge is 0.259 e. The molecule has 0 bridgehead atoms.